The minimum atomic E-state index is -0.587. The van der Waals surface area contributed by atoms with Gasteiger partial charge in [-0.25, -0.2) is 13.8 Å². The number of anilines is 2. The third kappa shape index (κ3) is 4.89. The molecule has 3 aromatic rings. The maximum atomic E-state index is 13.7. The van der Waals surface area contributed by atoms with Gasteiger partial charge in [0.1, 0.15) is 18.0 Å². The molecule has 1 aliphatic heterocycles. The number of nitrogens with two attached hydrogens (primary N) is 1. The zero-order chi connectivity index (χ0) is 19.5. The zero-order valence-electron chi connectivity index (χ0n) is 15.5. The summed E-state index contributed by atoms with van der Waals surface area (Å²) in [5.74, 6) is -0.0250. The van der Waals surface area contributed by atoms with Crippen LogP contribution in [-0.4, -0.2) is 45.2 Å². The van der Waals surface area contributed by atoms with Crippen LogP contribution in [0.4, 0.5) is 20.3 Å². The number of hydrogen-bond donors (Lipinski definition) is 2. The van der Waals surface area contributed by atoms with Crippen molar-refractivity contribution in [3.05, 3.63) is 48.6 Å². The molecule has 3 N–H and O–H groups in total. The van der Waals surface area contributed by atoms with Crippen LogP contribution in [-0.2, 0) is 0 Å². The van der Waals surface area contributed by atoms with Crippen molar-refractivity contribution in [2.75, 3.05) is 29.9 Å². The Bertz CT molecular complexity index is 1010. The number of aliphatic imine (C=N–C) groups is 1. The molecule has 1 unspecified atom stereocenters. The number of aromatic nitrogens is 4. The predicted molar refractivity (Wildman–Crippen MR) is 118 cm³/mol. The van der Waals surface area contributed by atoms with Crippen molar-refractivity contribution in [3.63, 3.8) is 0 Å². The van der Waals surface area contributed by atoms with Gasteiger partial charge in [0.05, 0.1) is 5.69 Å². The monoisotopic (exact) mass is 514 g/mol. The zero-order valence-corrected chi connectivity index (χ0v) is 17.8. The molecule has 0 radical (unpaired) electrons. The van der Waals surface area contributed by atoms with Crippen LogP contribution in [0.1, 0.15) is 12.8 Å². The molecule has 11 heteroatoms. The van der Waals surface area contributed by atoms with E-state index >= 15 is 0 Å². The summed E-state index contributed by atoms with van der Waals surface area (Å²) in [7, 11) is 0. The minimum absolute atomic E-state index is 0. The lowest BCUT2D eigenvalue weighted by atomic mass is 9.98. The van der Waals surface area contributed by atoms with E-state index in [0.29, 0.717) is 6.54 Å². The highest BCUT2D eigenvalue weighted by atomic mass is 127. The molecule has 3 heterocycles. The number of halogens is 3. The fourth-order valence-corrected chi connectivity index (χ4v) is 3.37. The smallest absolute Gasteiger partial charge is 0.203 e. The first-order chi connectivity index (χ1) is 13.6. The number of piperidine rings is 1. The van der Waals surface area contributed by atoms with E-state index in [0.717, 1.165) is 55.6 Å². The van der Waals surface area contributed by atoms with Gasteiger partial charge in [-0.15, -0.1) is 34.2 Å². The first-order valence-electron chi connectivity index (χ1n) is 9.01. The fraction of sp³-hybridized carbons (Fsp3) is 0.333. The van der Waals surface area contributed by atoms with Crippen LogP contribution in [0.25, 0.3) is 5.65 Å². The molecule has 4 rings (SSSR count). The Kier molecular flexibility index (Phi) is 6.77. The van der Waals surface area contributed by atoms with Crippen LogP contribution in [0.2, 0.25) is 0 Å². The molecule has 0 spiro atoms. The van der Waals surface area contributed by atoms with Gasteiger partial charge in [0.2, 0.25) is 5.65 Å². The van der Waals surface area contributed by atoms with Gasteiger partial charge in [0, 0.05) is 38.1 Å². The summed E-state index contributed by atoms with van der Waals surface area (Å²) in [5, 5.41) is 10.7. The summed E-state index contributed by atoms with van der Waals surface area (Å²) >= 11 is 0. The van der Waals surface area contributed by atoms with E-state index in [1.54, 1.807) is 12.5 Å². The van der Waals surface area contributed by atoms with Gasteiger partial charge in [-0.1, -0.05) is 0 Å². The number of hydrogen-bond acceptors (Lipinski definition) is 5. The lowest BCUT2D eigenvalue weighted by Gasteiger charge is -2.32. The van der Waals surface area contributed by atoms with Crippen LogP contribution >= 0.6 is 24.0 Å². The standard InChI is InChI=1S/C18H20F2N8.HI/c19-13-3-4-14(20)15(8-13)25-18(21)23-9-12-2-1-6-27(10-12)16-17-26-24-11-28(17)7-5-22-16;/h3-5,7-8,11-12H,1-2,6,9-10H2,(H3,21,23,25);1H. The SMILES string of the molecule is I.NC(=NCC1CCCN(c2nccn3cnnc23)C1)Nc1cc(F)ccc1F. The molecule has 8 nitrogen and oxygen atoms in total. The van der Waals surface area contributed by atoms with Gasteiger partial charge in [-0.05, 0) is 30.9 Å². The minimum Gasteiger partial charge on any atom is -0.370 e. The van der Waals surface area contributed by atoms with Crippen molar-refractivity contribution in [3.8, 4) is 0 Å². The van der Waals surface area contributed by atoms with Crippen molar-refractivity contribution in [1.29, 1.82) is 0 Å². The molecule has 1 aliphatic rings. The van der Waals surface area contributed by atoms with Crippen molar-refractivity contribution in [1.82, 2.24) is 19.6 Å². The maximum absolute atomic E-state index is 13.7. The number of nitrogens with zero attached hydrogens (tertiary/aromatic N) is 6. The molecule has 1 aromatic carbocycles. The van der Waals surface area contributed by atoms with Crippen molar-refractivity contribution < 1.29 is 8.78 Å². The van der Waals surface area contributed by atoms with E-state index in [4.69, 9.17) is 5.73 Å². The molecule has 154 valence electrons. The largest absolute Gasteiger partial charge is 0.370 e. The summed E-state index contributed by atoms with van der Waals surface area (Å²) in [6.07, 6.45) is 7.16. The summed E-state index contributed by atoms with van der Waals surface area (Å²) in [4.78, 5) is 10.9. The van der Waals surface area contributed by atoms with Gasteiger partial charge in [0.15, 0.2) is 11.8 Å². The van der Waals surface area contributed by atoms with Crippen molar-refractivity contribution >= 4 is 47.1 Å². The molecule has 2 aromatic heterocycles. The first kappa shape index (κ1) is 21.1. The Labute approximate surface area is 183 Å². The molecule has 1 atom stereocenters. The molecular weight excluding hydrogens is 493 g/mol. The second kappa shape index (κ2) is 9.29. The quantitative estimate of drug-likeness (QED) is 0.316. The van der Waals surface area contributed by atoms with E-state index in [2.05, 4.69) is 30.4 Å². The molecule has 0 amide bonds. The normalized spacial score (nSPS) is 17.2. The number of fused-ring (bicyclic) bond motifs is 1. The highest BCUT2D eigenvalue weighted by Gasteiger charge is 2.23. The highest BCUT2D eigenvalue weighted by Crippen LogP contribution is 2.24. The molecule has 1 saturated heterocycles. The van der Waals surface area contributed by atoms with Crippen LogP contribution < -0.4 is 16.0 Å². The summed E-state index contributed by atoms with van der Waals surface area (Å²) < 4.78 is 28.8. The molecule has 0 saturated carbocycles. The fourth-order valence-electron chi connectivity index (χ4n) is 3.37. The third-order valence-electron chi connectivity index (χ3n) is 4.73. The van der Waals surface area contributed by atoms with E-state index in [9.17, 15) is 8.78 Å². The Morgan fingerprint density at radius 2 is 2.21 bits per heavy atom. The first-order valence-corrected chi connectivity index (χ1v) is 9.01. The molecule has 1 fully saturated rings. The van der Waals surface area contributed by atoms with E-state index < -0.39 is 11.6 Å². The average Bonchev–Trinajstić information content (AvgIpc) is 3.18. The van der Waals surface area contributed by atoms with E-state index in [1.165, 1.54) is 0 Å². The van der Waals surface area contributed by atoms with Crippen LogP contribution in [0.5, 0.6) is 0 Å². The van der Waals surface area contributed by atoms with Crippen LogP contribution in [0, 0.1) is 17.6 Å². The maximum Gasteiger partial charge on any atom is 0.203 e. The van der Waals surface area contributed by atoms with Gasteiger partial charge < -0.3 is 16.0 Å². The topological polar surface area (TPSA) is 96.7 Å². The van der Waals surface area contributed by atoms with E-state index in [-0.39, 0.29) is 41.5 Å². The highest BCUT2D eigenvalue weighted by molar-refractivity contribution is 14.0. The molecule has 29 heavy (non-hydrogen) atoms. The summed E-state index contributed by atoms with van der Waals surface area (Å²) in [6.45, 7) is 2.11. The average molecular weight is 514 g/mol. The number of benzene rings is 1. The number of guanidine groups is 1. The Hall–Kier alpha value is -2.57. The van der Waals surface area contributed by atoms with Crippen LogP contribution in [0.3, 0.4) is 0 Å². The van der Waals surface area contributed by atoms with Gasteiger partial charge in [-0.3, -0.25) is 9.39 Å². The molecular formula is C18H21F2IN8. The van der Waals surface area contributed by atoms with E-state index in [1.807, 2.05) is 10.6 Å². The lowest BCUT2D eigenvalue weighted by molar-refractivity contribution is 0.422. The second-order valence-electron chi connectivity index (χ2n) is 6.74. The molecule has 0 bridgehead atoms. The van der Waals surface area contributed by atoms with Crippen molar-refractivity contribution in [2.45, 2.75) is 12.8 Å². The predicted octanol–water partition coefficient (Wildman–Crippen LogP) is 2.66. The Morgan fingerprint density at radius 1 is 1.34 bits per heavy atom. The van der Waals surface area contributed by atoms with Gasteiger partial charge in [-0.2, -0.15) is 0 Å². The van der Waals surface area contributed by atoms with Crippen molar-refractivity contribution in [2.24, 2.45) is 16.6 Å². The Morgan fingerprint density at radius 3 is 3.07 bits per heavy atom. The Balaban J connectivity index is 0.00000240. The third-order valence-corrected chi connectivity index (χ3v) is 4.73. The second-order valence-corrected chi connectivity index (χ2v) is 6.74. The van der Waals surface area contributed by atoms with Gasteiger partial charge >= 0.3 is 0 Å². The van der Waals surface area contributed by atoms with Crippen LogP contribution in [0.15, 0.2) is 41.9 Å². The number of rotatable bonds is 4. The lowest BCUT2D eigenvalue weighted by Crippen LogP contribution is -2.38. The van der Waals surface area contributed by atoms with Gasteiger partial charge in [0.25, 0.3) is 0 Å². The molecule has 0 aliphatic carbocycles. The summed E-state index contributed by atoms with van der Waals surface area (Å²) in [6, 6.07) is 3.14. The number of nitrogens with one attached hydrogen (secondary N) is 1. The summed E-state index contributed by atoms with van der Waals surface area (Å²) in [5.41, 5.74) is 6.53.